The van der Waals surface area contributed by atoms with E-state index in [4.69, 9.17) is 16.7 Å². The number of halogens is 1. The summed E-state index contributed by atoms with van der Waals surface area (Å²) < 4.78 is 0. The van der Waals surface area contributed by atoms with Gasteiger partial charge in [0.25, 0.3) is 0 Å². The third-order valence-corrected chi connectivity index (χ3v) is 3.57. The van der Waals surface area contributed by atoms with Crippen LogP contribution in [0.25, 0.3) is 0 Å². The number of urea groups is 1. The number of hydrogen-bond acceptors (Lipinski definition) is 8. The largest absolute Gasteiger partial charge is 0.394 e. The maximum absolute atomic E-state index is 12.2. The maximum atomic E-state index is 12.2. The lowest BCUT2D eigenvalue weighted by molar-refractivity contribution is -0.118. The van der Waals surface area contributed by atoms with Crippen molar-refractivity contribution in [1.29, 1.82) is 0 Å². The van der Waals surface area contributed by atoms with E-state index >= 15 is 0 Å². The summed E-state index contributed by atoms with van der Waals surface area (Å²) in [6.45, 7) is 0.748. The first-order valence-corrected chi connectivity index (χ1v) is 8.16. The van der Waals surface area contributed by atoms with Crippen molar-refractivity contribution in [2.75, 3.05) is 32.1 Å². The molecule has 11 heteroatoms. The van der Waals surface area contributed by atoms with Crippen molar-refractivity contribution in [3.8, 4) is 0 Å². The van der Waals surface area contributed by atoms with Crippen LogP contribution in [0.15, 0.2) is 5.29 Å². The third kappa shape index (κ3) is 7.24. The Bertz CT molecular complexity index is 377. The molecule has 0 rings (SSSR count). The number of rotatable bonds is 12. The summed E-state index contributed by atoms with van der Waals surface area (Å²) in [5, 5.41) is 50.6. The molecule has 142 valence electrons. The Morgan fingerprint density at radius 3 is 2.17 bits per heavy atom. The van der Waals surface area contributed by atoms with E-state index in [0.717, 1.165) is 11.3 Å². The van der Waals surface area contributed by atoms with Gasteiger partial charge in [-0.25, -0.2) is 4.79 Å². The molecule has 0 heterocycles. The molecule has 0 bridgehead atoms. The van der Waals surface area contributed by atoms with Crippen LogP contribution in [-0.4, -0.2) is 98.0 Å². The molecule has 0 radical (unpaired) electrons. The molecular weight excluding hydrogens is 346 g/mol. The number of alkyl halides is 1. The molecule has 0 aliphatic rings. The number of carbonyl (C=O) groups excluding carboxylic acids is 1. The van der Waals surface area contributed by atoms with Crippen LogP contribution >= 0.6 is 11.6 Å². The molecule has 0 aromatic rings. The van der Waals surface area contributed by atoms with Gasteiger partial charge in [0.15, 0.2) is 0 Å². The summed E-state index contributed by atoms with van der Waals surface area (Å²) in [5.74, 6) is -0.00825. The Morgan fingerprint density at radius 2 is 1.71 bits per heavy atom. The van der Waals surface area contributed by atoms with Crippen LogP contribution in [0.2, 0.25) is 0 Å². The summed E-state index contributed by atoms with van der Waals surface area (Å²) >= 11 is 5.49. The van der Waals surface area contributed by atoms with Crippen molar-refractivity contribution in [2.24, 2.45) is 5.29 Å². The molecular formula is C13H26ClN3O7. The Balaban J connectivity index is 4.98. The van der Waals surface area contributed by atoms with Gasteiger partial charge < -0.3 is 30.4 Å². The van der Waals surface area contributed by atoms with E-state index in [2.05, 4.69) is 5.29 Å². The van der Waals surface area contributed by atoms with Crippen LogP contribution in [0.4, 0.5) is 4.79 Å². The first-order valence-electron chi connectivity index (χ1n) is 7.62. The summed E-state index contributed by atoms with van der Waals surface area (Å²) in [6, 6.07) is -0.789. The van der Waals surface area contributed by atoms with Crippen LogP contribution in [0.3, 0.4) is 0 Å². The Kier molecular flexibility index (Phi) is 11.8. The van der Waals surface area contributed by atoms with Gasteiger partial charge in [-0.05, 0) is 6.42 Å². The van der Waals surface area contributed by atoms with E-state index in [9.17, 15) is 30.1 Å². The molecule has 0 fully saturated rings. The van der Waals surface area contributed by atoms with E-state index < -0.39 is 43.6 Å². The Morgan fingerprint density at radius 1 is 1.12 bits per heavy atom. The van der Waals surface area contributed by atoms with Crippen LogP contribution in [0, 0.1) is 4.91 Å². The molecule has 0 saturated carbocycles. The SMILES string of the molecule is CCCCN(C[C@H](O)[C@@H](O)[C@H](O)[C@H](O)CO)C(=O)N(CCCl)N=O. The molecule has 2 amide bonds. The topological polar surface area (TPSA) is 154 Å². The molecule has 5 N–H and O–H groups in total. The molecule has 24 heavy (non-hydrogen) atoms. The molecule has 0 spiro atoms. The van der Waals surface area contributed by atoms with Crippen LogP contribution in [0.1, 0.15) is 19.8 Å². The average molecular weight is 372 g/mol. The van der Waals surface area contributed by atoms with Crippen molar-refractivity contribution in [3.63, 3.8) is 0 Å². The Hall–Kier alpha value is -1.04. The van der Waals surface area contributed by atoms with Crippen molar-refractivity contribution in [2.45, 2.75) is 44.2 Å². The van der Waals surface area contributed by atoms with E-state index in [1.54, 1.807) is 0 Å². The van der Waals surface area contributed by atoms with Gasteiger partial charge in [0.2, 0.25) is 0 Å². The van der Waals surface area contributed by atoms with Gasteiger partial charge >= 0.3 is 6.03 Å². The van der Waals surface area contributed by atoms with Gasteiger partial charge in [-0.2, -0.15) is 5.01 Å². The fourth-order valence-electron chi connectivity index (χ4n) is 1.93. The highest BCUT2D eigenvalue weighted by atomic mass is 35.5. The fraction of sp³-hybridized carbons (Fsp3) is 0.923. The highest BCUT2D eigenvalue weighted by molar-refractivity contribution is 6.18. The predicted molar refractivity (Wildman–Crippen MR) is 86.2 cm³/mol. The number of amides is 2. The molecule has 0 unspecified atom stereocenters. The zero-order chi connectivity index (χ0) is 18.7. The molecule has 0 aliphatic carbocycles. The highest BCUT2D eigenvalue weighted by Gasteiger charge is 2.33. The van der Waals surface area contributed by atoms with E-state index in [0.29, 0.717) is 11.4 Å². The molecule has 10 nitrogen and oxygen atoms in total. The smallest absolute Gasteiger partial charge is 0.343 e. The number of hydrogen-bond donors (Lipinski definition) is 5. The van der Waals surface area contributed by atoms with Gasteiger partial charge in [-0.1, -0.05) is 13.3 Å². The minimum Gasteiger partial charge on any atom is -0.394 e. The number of aliphatic hydroxyl groups excluding tert-OH is 5. The van der Waals surface area contributed by atoms with Crippen LogP contribution in [0.5, 0.6) is 0 Å². The number of aliphatic hydroxyl groups is 5. The van der Waals surface area contributed by atoms with Crippen LogP contribution in [-0.2, 0) is 0 Å². The van der Waals surface area contributed by atoms with E-state index in [1.807, 2.05) is 6.92 Å². The molecule has 4 atom stereocenters. The molecule has 0 aliphatic heterocycles. The second kappa shape index (κ2) is 12.3. The predicted octanol–water partition coefficient (Wildman–Crippen LogP) is -1.13. The number of carbonyl (C=O) groups is 1. The zero-order valence-electron chi connectivity index (χ0n) is 13.5. The summed E-state index contributed by atoms with van der Waals surface area (Å²) in [7, 11) is 0. The van der Waals surface area contributed by atoms with Crippen LogP contribution < -0.4 is 0 Å². The first-order chi connectivity index (χ1) is 11.3. The second-order valence-electron chi connectivity index (χ2n) is 5.27. The fourth-order valence-corrected chi connectivity index (χ4v) is 2.09. The third-order valence-electron chi connectivity index (χ3n) is 3.40. The number of unbranched alkanes of at least 4 members (excludes halogenated alkanes) is 1. The van der Waals surface area contributed by atoms with Crippen molar-refractivity contribution < 1.29 is 30.3 Å². The lowest BCUT2D eigenvalue weighted by atomic mass is 10.0. The monoisotopic (exact) mass is 371 g/mol. The minimum absolute atomic E-state index is 0.00825. The van der Waals surface area contributed by atoms with Gasteiger partial charge in [0, 0.05) is 12.4 Å². The van der Waals surface area contributed by atoms with Crippen molar-refractivity contribution in [3.05, 3.63) is 4.91 Å². The van der Waals surface area contributed by atoms with Gasteiger partial charge in [-0.15, -0.1) is 16.5 Å². The highest BCUT2D eigenvalue weighted by Crippen LogP contribution is 2.10. The minimum atomic E-state index is -1.80. The number of nitrogens with zero attached hydrogens (tertiary/aromatic N) is 3. The summed E-state index contributed by atoms with van der Waals surface area (Å²) in [5.41, 5.74) is 0. The quantitative estimate of drug-likeness (QED) is 0.165. The lowest BCUT2D eigenvalue weighted by Gasteiger charge is -2.31. The van der Waals surface area contributed by atoms with Gasteiger partial charge in [0.05, 0.1) is 25.0 Å². The van der Waals surface area contributed by atoms with Gasteiger partial charge in [0.1, 0.15) is 24.4 Å². The lowest BCUT2D eigenvalue weighted by Crippen LogP contribution is -2.52. The maximum Gasteiger partial charge on any atom is 0.343 e. The molecule has 0 aromatic heterocycles. The van der Waals surface area contributed by atoms with E-state index in [1.165, 1.54) is 0 Å². The van der Waals surface area contributed by atoms with Crippen molar-refractivity contribution in [1.82, 2.24) is 9.91 Å². The average Bonchev–Trinajstić information content (AvgIpc) is 2.60. The second-order valence-corrected chi connectivity index (χ2v) is 5.65. The molecule has 0 saturated heterocycles. The number of nitroso groups, excluding NO2 is 1. The van der Waals surface area contributed by atoms with Gasteiger partial charge in [-0.3, -0.25) is 0 Å². The van der Waals surface area contributed by atoms with E-state index in [-0.39, 0.29) is 19.0 Å². The zero-order valence-corrected chi connectivity index (χ0v) is 14.3. The summed E-state index contributed by atoms with van der Waals surface area (Å²) in [6.07, 6.45) is -5.53. The Labute approximate surface area is 145 Å². The standard InChI is InChI=1S/C13H26ClN3O7/c1-2-3-5-16(13(23)17(15-24)6-4-14)7-9(19)11(21)12(22)10(20)8-18/h9-12,18-22H,2-8H2,1H3/t9-,10+,11+,12+/m0/s1. The van der Waals surface area contributed by atoms with Crippen molar-refractivity contribution >= 4 is 17.6 Å². The normalized spacial score (nSPS) is 16.1. The summed E-state index contributed by atoms with van der Waals surface area (Å²) in [4.78, 5) is 24.1. The first kappa shape index (κ1) is 23.0. The molecule has 0 aromatic carbocycles.